The number of likely N-dealkylation sites (N-methyl/N-ethyl adjacent to an activating group) is 1. The number of aliphatic carboxylic acids is 1. The van der Waals surface area contributed by atoms with Crippen molar-refractivity contribution < 1.29 is 34.1 Å². The number of carbonyl (C=O) groups excluding carboxylic acids is 3. The summed E-state index contributed by atoms with van der Waals surface area (Å²) in [5.41, 5.74) is 0.525. The van der Waals surface area contributed by atoms with Crippen molar-refractivity contribution >= 4 is 24.6 Å². The van der Waals surface area contributed by atoms with Crippen LogP contribution in [0.25, 0.3) is 0 Å². The highest BCUT2D eigenvalue weighted by Gasteiger charge is 2.29. The first kappa shape index (κ1) is 39.1. The summed E-state index contributed by atoms with van der Waals surface area (Å²) in [5.74, 6) is 0.695. The highest BCUT2D eigenvalue weighted by atomic mass is 16.5. The molecule has 1 aromatic rings. The molecule has 2 aliphatic carbocycles. The fourth-order valence-electron chi connectivity index (χ4n) is 4.73. The van der Waals surface area contributed by atoms with E-state index in [-0.39, 0.29) is 29.7 Å². The molecular weight excluding hydrogens is 536 g/mol. The lowest BCUT2D eigenvalue weighted by atomic mass is 9.79. The van der Waals surface area contributed by atoms with Gasteiger partial charge >= 0.3 is 5.97 Å². The van der Waals surface area contributed by atoms with Crippen LogP contribution in [0.2, 0.25) is 0 Å². The third kappa shape index (κ3) is 21.8. The van der Waals surface area contributed by atoms with Crippen molar-refractivity contribution in [2.75, 3.05) is 13.6 Å². The Kier molecular flexibility index (Phi) is 22.0. The number of hydrogen-bond donors (Lipinski definition) is 4. The number of phenols is 1. The summed E-state index contributed by atoms with van der Waals surface area (Å²) in [6, 6.07) is 6.56. The zero-order valence-corrected chi connectivity index (χ0v) is 26.5. The zero-order valence-electron chi connectivity index (χ0n) is 26.5. The molecule has 0 bridgehead atoms. The molecular formula is C33H56N2O7. The van der Waals surface area contributed by atoms with Crippen LogP contribution in [0.1, 0.15) is 110 Å². The molecule has 4 N–H and O–H groups in total. The number of aldehydes is 1. The lowest BCUT2D eigenvalue weighted by Crippen LogP contribution is -2.48. The number of carboxylic acids is 1. The maximum absolute atomic E-state index is 12.2. The van der Waals surface area contributed by atoms with Crippen molar-refractivity contribution in [3.63, 3.8) is 0 Å². The van der Waals surface area contributed by atoms with Gasteiger partial charge in [0.25, 0.3) is 6.47 Å². The molecule has 0 saturated heterocycles. The first-order valence-electron chi connectivity index (χ1n) is 15.4. The van der Waals surface area contributed by atoms with E-state index < -0.39 is 5.97 Å². The number of carbonyl (C=O) groups is 4. The molecule has 2 saturated carbocycles. The molecule has 0 radical (unpaired) electrons. The molecule has 0 aromatic heterocycles. The Labute approximate surface area is 253 Å². The summed E-state index contributed by atoms with van der Waals surface area (Å²) in [5, 5.41) is 23.5. The Morgan fingerprint density at radius 3 is 2.05 bits per heavy atom. The minimum absolute atomic E-state index is 0.0578. The molecule has 42 heavy (non-hydrogen) atoms. The quantitative estimate of drug-likeness (QED) is 0.186. The minimum atomic E-state index is -0.777. The number of aromatic hydroxyl groups is 1. The Morgan fingerprint density at radius 2 is 1.62 bits per heavy atom. The molecule has 0 aliphatic heterocycles. The average molecular weight is 593 g/mol. The van der Waals surface area contributed by atoms with Gasteiger partial charge < -0.3 is 30.4 Å². The normalized spacial score (nSPS) is 18.3. The van der Waals surface area contributed by atoms with E-state index in [4.69, 9.17) is 10.2 Å². The SMILES string of the molecule is C1CCCC1.CC(C)(C)OC=O.CN[C@H](C(=O)NCCCCC(=O)O)C1CCC(C)CC1.O=CCc1cccc(O)c1. The lowest BCUT2D eigenvalue weighted by molar-refractivity contribution is -0.139. The van der Waals surface area contributed by atoms with Crippen LogP contribution >= 0.6 is 0 Å². The number of ether oxygens (including phenoxy) is 1. The first-order chi connectivity index (χ1) is 19.9. The molecule has 3 rings (SSSR count). The second-order valence-electron chi connectivity index (χ2n) is 12.1. The van der Waals surface area contributed by atoms with Gasteiger partial charge in [-0.2, -0.15) is 0 Å². The van der Waals surface area contributed by atoms with Crippen LogP contribution in [0.4, 0.5) is 0 Å². The fraction of sp³-hybridized carbons (Fsp3) is 0.697. The Balaban J connectivity index is 0.000000627. The number of nitrogens with one attached hydrogen (secondary N) is 2. The summed E-state index contributed by atoms with van der Waals surface area (Å²) in [6.45, 7) is 8.75. The van der Waals surface area contributed by atoms with Crippen LogP contribution in [0.5, 0.6) is 5.75 Å². The van der Waals surface area contributed by atoms with Gasteiger partial charge in [0.1, 0.15) is 17.6 Å². The topological polar surface area (TPSA) is 142 Å². The van der Waals surface area contributed by atoms with Gasteiger partial charge in [-0.15, -0.1) is 0 Å². The van der Waals surface area contributed by atoms with Crippen LogP contribution in [-0.2, 0) is 30.3 Å². The molecule has 240 valence electrons. The highest BCUT2D eigenvalue weighted by Crippen LogP contribution is 2.30. The molecule has 0 unspecified atom stereocenters. The van der Waals surface area contributed by atoms with Gasteiger partial charge in [0.15, 0.2) is 0 Å². The number of unbranched alkanes of at least 4 members (excludes halogenated alkanes) is 1. The Hall–Kier alpha value is -2.94. The first-order valence-corrected chi connectivity index (χ1v) is 15.4. The predicted molar refractivity (Wildman–Crippen MR) is 166 cm³/mol. The van der Waals surface area contributed by atoms with E-state index in [1.54, 1.807) is 24.3 Å². The molecule has 1 atom stereocenters. The molecule has 1 aromatic carbocycles. The smallest absolute Gasteiger partial charge is 0.303 e. The fourth-order valence-corrected chi connectivity index (χ4v) is 4.73. The molecule has 9 nitrogen and oxygen atoms in total. The van der Waals surface area contributed by atoms with Crippen LogP contribution < -0.4 is 10.6 Å². The van der Waals surface area contributed by atoms with Crippen molar-refractivity contribution in [1.82, 2.24) is 10.6 Å². The van der Waals surface area contributed by atoms with Crippen molar-refractivity contribution in [2.45, 2.75) is 123 Å². The van der Waals surface area contributed by atoms with Gasteiger partial charge in [0.2, 0.25) is 5.91 Å². The number of carboxylic acid groups (broad SMARTS) is 1. The zero-order chi connectivity index (χ0) is 31.8. The van der Waals surface area contributed by atoms with E-state index in [0.29, 0.717) is 31.8 Å². The molecule has 0 spiro atoms. The Morgan fingerprint density at radius 1 is 1.02 bits per heavy atom. The monoisotopic (exact) mass is 592 g/mol. The number of hydrogen-bond acceptors (Lipinski definition) is 7. The molecule has 2 fully saturated rings. The van der Waals surface area contributed by atoms with E-state index in [1.807, 2.05) is 27.8 Å². The third-order valence-electron chi connectivity index (χ3n) is 7.12. The standard InChI is InChI=1S/C15H28N2O3.C8H8O2.C5H10O2.C5H10/c1-11-6-8-12(9-7-11)14(16-2)15(20)17-10-4-3-5-13(18)19;9-5-4-7-2-1-3-8(10)6-7;1-5(2,3)7-4-6;1-2-4-5-3-1/h11-12,14,16H,3-10H2,1-2H3,(H,17,20)(H,18,19);1-3,5-6,10H,4H2;4H,1-3H3;1-5H2/t11?,12?,14-;;;/m0.../s1. The van der Waals surface area contributed by atoms with Gasteiger partial charge in [0.05, 0.1) is 6.04 Å². The molecule has 1 amide bonds. The second kappa shape index (κ2) is 23.6. The predicted octanol–water partition coefficient (Wildman–Crippen LogP) is 5.81. The van der Waals surface area contributed by atoms with Crippen LogP contribution in [0, 0.1) is 11.8 Å². The van der Waals surface area contributed by atoms with Gasteiger partial charge in [-0.25, -0.2) is 0 Å². The average Bonchev–Trinajstić information content (AvgIpc) is 3.51. The van der Waals surface area contributed by atoms with E-state index in [2.05, 4.69) is 22.3 Å². The molecule has 2 aliphatic rings. The summed E-state index contributed by atoms with van der Waals surface area (Å²) < 4.78 is 4.55. The van der Waals surface area contributed by atoms with E-state index >= 15 is 0 Å². The summed E-state index contributed by atoms with van der Waals surface area (Å²) in [6.07, 6.45) is 14.8. The van der Waals surface area contributed by atoms with E-state index in [9.17, 15) is 19.2 Å². The van der Waals surface area contributed by atoms with Gasteiger partial charge in [-0.1, -0.05) is 64.0 Å². The van der Waals surface area contributed by atoms with Crippen LogP contribution in [0.15, 0.2) is 24.3 Å². The van der Waals surface area contributed by atoms with Crippen molar-refractivity contribution in [2.24, 2.45) is 11.8 Å². The maximum atomic E-state index is 12.2. The van der Waals surface area contributed by atoms with Crippen LogP contribution in [0.3, 0.4) is 0 Å². The van der Waals surface area contributed by atoms with Crippen LogP contribution in [-0.4, -0.2) is 60.1 Å². The lowest BCUT2D eigenvalue weighted by Gasteiger charge is -2.31. The Bertz CT molecular complexity index is 866. The summed E-state index contributed by atoms with van der Waals surface area (Å²) in [4.78, 5) is 42.2. The van der Waals surface area contributed by atoms with Gasteiger partial charge in [-0.3, -0.25) is 14.4 Å². The number of benzene rings is 1. The second-order valence-corrected chi connectivity index (χ2v) is 12.1. The van der Waals surface area contributed by atoms with Crippen molar-refractivity contribution in [3.8, 4) is 5.75 Å². The van der Waals surface area contributed by atoms with E-state index in [0.717, 1.165) is 37.0 Å². The number of rotatable bonds is 11. The largest absolute Gasteiger partial charge is 0.508 e. The van der Waals surface area contributed by atoms with Crippen molar-refractivity contribution in [1.29, 1.82) is 0 Å². The highest BCUT2D eigenvalue weighted by molar-refractivity contribution is 5.82. The third-order valence-corrected chi connectivity index (χ3v) is 7.12. The van der Waals surface area contributed by atoms with Gasteiger partial charge in [-0.05, 0) is 83.0 Å². The molecule has 0 heterocycles. The number of phenolic OH excluding ortho intramolecular Hbond substituents is 1. The summed E-state index contributed by atoms with van der Waals surface area (Å²) in [7, 11) is 1.84. The maximum Gasteiger partial charge on any atom is 0.303 e. The molecule has 9 heteroatoms. The minimum Gasteiger partial charge on any atom is -0.508 e. The number of amides is 1. The summed E-state index contributed by atoms with van der Waals surface area (Å²) >= 11 is 0. The van der Waals surface area contributed by atoms with E-state index in [1.165, 1.54) is 44.9 Å². The van der Waals surface area contributed by atoms with Gasteiger partial charge in [0, 0.05) is 19.4 Å². The van der Waals surface area contributed by atoms with Crippen molar-refractivity contribution in [3.05, 3.63) is 29.8 Å².